The number of rotatable bonds is 8. The first-order valence-corrected chi connectivity index (χ1v) is 10.4. The monoisotopic (exact) mass is 391 g/mol. The Bertz CT molecular complexity index is 925. The molecule has 1 N–H and O–H groups in total. The zero-order valence-corrected chi connectivity index (χ0v) is 17.1. The second kappa shape index (κ2) is 10.00. The van der Waals surface area contributed by atoms with Gasteiger partial charge in [-0.2, -0.15) is 0 Å². The average molecular weight is 392 g/mol. The van der Waals surface area contributed by atoms with E-state index in [-0.39, 0.29) is 5.91 Å². The summed E-state index contributed by atoms with van der Waals surface area (Å²) in [4.78, 5) is 13.6. The van der Waals surface area contributed by atoms with Gasteiger partial charge in [-0.15, -0.1) is 11.8 Å². The topological polar surface area (TPSA) is 38.3 Å². The van der Waals surface area contributed by atoms with E-state index in [1.165, 1.54) is 11.1 Å². The molecule has 4 heteroatoms. The lowest BCUT2D eigenvalue weighted by molar-refractivity contribution is 0.0944. The molecule has 0 aliphatic rings. The lowest BCUT2D eigenvalue weighted by Gasteiger charge is -2.12. The average Bonchev–Trinajstić information content (AvgIpc) is 2.72. The van der Waals surface area contributed by atoms with E-state index in [4.69, 9.17) is 4.74 Å². The van der Waals surface area contributed by atoms with E-state index in [2.05, 4.69) is 30.4 Å². The van der Waals surface area contributed by atoms with E-state index in [9.17, 15) is 4.79 Å². The molecular formula is C24H25NO2S. The number of carbonyl (C=O) groups excluding carboxylic acids is 1. The highest BCUT2D eigenvalue weighted by molar-refractivity contribution is 7.98. The van der Waals surface area contributed by atoms with Crippen LogP contribution < -0.4 is 10.1 Å². The van der Waals surface area contributed by atoms with Crippen LogP contribution >= 0.6 is 11.8 Å². The highest BCUT2D eigenvalue weighted by Crippen LogP contribution is 2.26. The van der Waals surface area contributed by atoms with Gasteiger partial charge in [0.05, 0.1) is 12.1 Å². The van der Waals surface area contributed by atoms with Crippen molar-refractivity contribution in [3.05, 3.63) is 95.1 Å². The molecule has 144 valence electrons. The first kappa shape index (κ1) is 20.0. The highest BCUT2D eigenvalue weighted by atomic mass is 32.2. The van der Waals surface area contributed by atoms with Crippen molar-refractivity contribution in [2.45, 2.75) is 24.5 Å². The maximum atomic E-state index is 12.6. The van der Waals surface area contributed by atoms with Crippen LogP contribution in [0.4, 0.5) is 0 Å². The van der Waals surface area contributed by atoms with Crippen LogP contribution in [0.25, 0.3) is 0 Å². The van der Waals surface area contributed by atoms with Crippen molar-refractivity contribution in [3.63, 3.8) is 0 Å². The Labute approximate surface area is 171 Å². The Morgan fingerprint density at radius 2 is 1.71 bits per heavy atom. The van der Waals surface area contributed by atoms with Crippen molar-refractivity contribution in [3.8, 4) is 5.75 Å². The first-order chi connectivity index (χ1) is 13.6. The lowest BCUT2D eigenvalue weighted by Crippen LogP contribution is -2.28. The van der Waals surface area contributed by atoms with Crippen molar-refractivity contribution >= 4 is 17.7 Å². The largest absolute Gasteiger partial charge is 0.491 e. The molecule has 0 spiro atoms. The summed E-state index contributed by atoms with van der Waals surface area (Å²) in [5.74, 6) is 1.63. The van der Waals surface area contributed by atoms with Crippen LogP contribution in [0.5, 0.6) is 5.75 Å². The van der Waals surface area contributed by atoms with Gasteiger partial charge in [-0.05, 0) is 43.2 Å². The van der Waals surface area contributed by atoms with Crippen LogP contribution in [-0.2, 0) is 5.75 Å². The normalized spacial score (nSPS) is 10.5. The van der Waals surface area contributed by atoms with Crippen molar-refractivity contribution in [1.29, 1.82) is 0 Å². The van der Waals surface area contributed by atoms with Gasteiger partial charge in [0.25, 0.3) is 5.91 Å². The maximum absolute atomic E-state index is 12.6. The van der Waals surface area contributed by atoms with Crippen molar-refractivity contribution < 1.29 is 9.53 Å². The molecule has 28 heavy (non-hydrogen) atoms. The summed E-state index contributed by atoms with van der Waals surface area (Å²) in [6.07, 6.45) is 0. The molecule has 3 aromatic carbocycles. The minimum Gasteiger partial charge on any atom is -0.491 e. The number of nitrogens with one attached hydrogen (secondary N) is 1. The molecule has 0 aliphatic heterocycles. The molecule has 3 aromatic rings. The van der Waals surface area contributed by atoms with Crippen LogP contribution in [0.3, 0.4) is 0 Å². The highest BCUT2D eigenvalue weighted by Gasteiger charge is 2.11. The van der Waals surface area contributed by atoms with Gasteiger partial charge in [-0.1, -0.05) is 60.2 Å². The molecule has 0 saturated heterocycles. The molecule has 3 rings (SSSR count). The summed E-state index contributed by atoms with van der Waals surface area (Å²) in [5, 5.41) is 2.96. The number of thioether (sulfide) groups is 1. The third kappa shape index (κ3) is 5.64. The SMILES string of the molecule is Cc1ccc(OCCNC(=O)c2ccccc2SCc2ccccc2)c(C)c1. The molecule has 3 nitrogen and oxygen atoms in total. The molecule has 0 heterocycles. The van der Waals surface area contributed by atoms with E-state index in [0.717, 1.165) is 22.0 Å². The van der Waals surface area contributed by atoms with Crippen molar-refractivity contribution in [2.75, 3.05) is 13.2 Å². The van der Waals surface area contributed by atoms with Crippen LogP contribution in [0.15, 0.2) is 77.7 Å². The predicted octanol–water partition coefficient (Wildman–Crippen LogP) is 5.40. The van der Waals surface area contributed by atoms with Gasteiger partial charge in [0.2, 0.25) is 0 Å². The van der Waals surface area contributed by atoms with Crippen molar-refractivity contribution in [1.82, 2.24) is 5.32 Å². The number of hydrogen-bond acceptors (Lipinski definition) is 3. The predicted molar refractivity (Wildman–Crippen MR) is 116 cm³/mol. The van der Waals surface area contributed by atoms with Gasteiger partial charge in [0.15, 0.2) is 0 Å². The second-order valence-corrected chi connectivity index (χ2v) is 7.66. The number of hydrogen-bond donors (Lipinski definition) is 1. The maximum Gasteiger partial charge on any atom is 0.252 e. The molecule has 0 atom stereocenters. The minimum atomic E-state index is -0.0691. The fraction of sp³-hybridized carbons (Fsp3) is 0.208. The minimum absolute atomic E-state index is 0.0691. The summed E-state index contributed by atoms with van der Waals surface area (Å²) in [6, 6.07) is 24.1. The number of aryl methyl sites for hydroxylation is 2. The Balaban J connectivity index is 1.52. The van der Waals surface area contributed by atoms with Gasteiger partial charge in [0, 0.05) is 10.6 Å². The Morgan fingerprint density at radius 1 is 0.964 bits per heavy atom. The zero-order valence-electron chi connectivity index (χ0n) is 16.3. The number of carbonyl (C=O) groups is 1. The van der Waals surface area contributed by atoms with E-state index in [0.29, 0.717) is 18.7 Å². The molecule has 0 aromatic heterocycles. The van der Waals surface area contributed by atoms with Crippen LogP contribution in [0.1, 0.15) is 27.0 Å². The molecular weight excluding hydrogens is 366 g/mol. The molecule has 1 amide bonds. The smallest absolute Gasteiger partial charge is 0.252 e. The Hall–Kier alpha value is -2.72. The van der Waals surface area contributed by atoms with Crippen LogP contribution in [0, 0.1) is 13.8 Å². The molecule has 0 radical (unpaired) electrons. The standard InChI is InChI=1S/C24H25NO2S/c1-18-12-13-22(19(2)16-18)27-15-14-25-24(26)21-10-6-7-11-23(21)28-17-20-8-4-3-5-9-20/h3-13,16H,14-15,17H2,1-2H3,(H,25,26). The van der Waals surface area contributed by atoms with E-state index < -0.39 is 0 Å². The van der Waals surface area contributed by atoms with Gasteiger partial charge in [-0.25, -0.2) is 0 Å². The lowest BCUT2D eigenvalue weighted by atomic mass is 10.1. The van der Waals surface area contributed by atoms with Crippen LogP contribution in [0.2, 0.25) is 0 Å². The van der Waals surface area contributed by atoms with Gasteiger partial charge >= 0.3 is 0 Å². The van der Waals surface area contributed by atoms with Gasteiger partial charge in [0.1, 0.15) is 12.4 Å². The zero-order chi connectivity index (χ0) is 19.8. The number of amides is 1. The first-order valence-electron chi connectivity index (χ1n) is 9.37. The molecule has 0 unspecified atom stereocenters. The summed E-state index contributed by atoms with van der Waals surface area (Å²) in [6.45, 7) is 4.99. The fourth-order valence-corrected chi connectivity index (χ4v) is 3.90. The Kier molecular flexibility index (Phi) is 7.15. The van der Waals surface area contributed by atoms with E-state index in [1.807, 2.05) is 61.5 Å². The van der Waals surface area contributed by atoms with Crippen LogP contribution in [-0.4, -0.2) is 19.1 Å². The quantitative estimate of drug-likeness (QED) is 0.412. The van der Waals surface area contributed by atoms with E-state index in [1.54, 1.807) is 11.8 Å². The van der Waals surface area contributed by atoms with Gasteiger partial charge < -0.3 is 10.1 Å². The summed E-state index contributed by atoms with van der Waals surface area (Å²) in [5.41, 5.74) is 4.26. The third-order valence-electron chi connectivity index (χ3n) is 4.34. The summed E-state index contributed by atoms with van der Waals surface area (Å²) >= 11 is 1.68. The molecule has 0 bridgehead atoms. The number of ether oxygens (including phenoxy) is 1. The summed E-state index contributed by atoms with van der Waals surface area (Å²) in [7, 11) is 0. The molecule has 0 aliphatic carbocycles. The number of benzene rings is 3. The second-order valence-electron chi connectivity index (χ2n) is 6.64. The summed E-state index contributed by atoms with van der Waals surface area (Å²) < 4.78 is 5.79. The molecule has 0 saturated carbocycles. The third-order valence-corrected chi connectivity index (χ3v) is 5.49. The fourth-order valence-electron chi connectivity index (χ4n) is 2.90. The molecule has 0 fully saturated rings. The van der Waals surface area contributed by atoms with Crippen molar-refractivity contribution in [2.24, 2.45) is 0 Å². The van der Waals surface area contributed by atoms with Gasteiger partial charge in [-0.3, -0.25) is 4.79 Å². The Morgan fingerprint density at radius 3 is 2.50 bits per heavy atom. The van der Waals surface area contributed by atoms with E-state index >= 15 is 0 Å².